The number of carbonyl (C=O) groups excluding carboxylic acids is 2. The zero-order valence-electron chi connectivity index (χ0n) is 17.5. The molecule has 9 heteroatoms. The highest BCUT2D eigenvalue weighted by Gasteiger charge is 2.51. The van der Waals surface area contributed by atoms with Crippen LogP contribution < -0.4 is 9.64 Å². The lowest BCUT2D eigenvalue weighted by Gasteiger charge is -2.23. The minimum Gasteiger partial charge on any atom is -0.490 e. The van der Waals surface area contributed by atoms with Gasteiger partial charge in [-0.1, -0.05) is 46.3 Å². The molecular formula is C24H19BrN2O6. The summed E-state index contributed by atoms with van der Waals surface area (Å²) in [6, 6.07) is 18.2. The first-order valence-corrected chi connectivity index (χ1v) is 10.8. The van der Waals surface area contributed by atoms with Gasteiger partial charge in [0.05, 0.1) is 30.7 Å². The molecule has 0 spiro atoms. The maximum Gasteiger partial charge on any atom is 0.311 e. The van der Waals surface area contributed by atoms with Gasteiger partial charge in [0, 0.05) is 21.7 Å². The molecule has 0 aromatic heterocycles. The Kier molecular flexibility index (Phi) is 6.01. The molecule has 8 nitrogen and oxygen atoms in total. The van der Waals surface area contributed by atoms with E-state index in [1.165, 1.54) is 24.1 Å². The van der Waals surface area contributed by atoms with Gasteiger partial charge in [0.1, 0.15) is 0 Å². The number of amides is 1. The smallest absolute Gasteiger partial charge is 0.311 e. The van der Waals surface area contributed by atoms with Gasteiger partial charge in [-0.2, -0.15) is 0 Å². The predicted octanol–water partition coefficient (Wildman–Crippen LogP) is 4.37. The van der Waals surface area contributed by atoms with Gasteiger partial charge in [-0.3, -0.25) is 19.7 Å². The molecule has 1 amide bonds. The maximum absolute atomic E-state index is 13.4. The second-order valence-corrected chi connectivity index (χ2v) is 8.56. The molecule has 0 saturated heterocycles. The molecule has 0 bridgehead atoms. The molecule has 3 aromatic rings. The molecule has 1 aliphatic heterocycles. The second kappa shape index (κ2) is 8.76. The van der Waals surface area contributed by atoms with Crippen molar-refractivity contribution in [1.29, 1.82) is 0 Å². The van der Waals surface area contributed by atoms with E-state index in [1.807, 2.05) is 30.3 Å². The number of nitro benzene ring substituents is 1. The molecule has 168 valence electrons. The molecule has 0 radical (unpaired) electrons. The van der Waals surface area contributed by atoms with E-state index < -0.39 is 28.6 Å². The first-order chi connectivity index (χ1) is 15.7. The Morgan fingerprint density at radius 3 is 2.55 bits per heavy atom. The Bertz CT molecular complexity index is 1260. The largest absolute Gasteiger partial charge is 0.490 e. The fourth-order valence-corrected chi connectivity index (χ4v) is 4.32. The number of benzene rings is 3. The van der Waals surface area contributed by atoms with Gasteiger partial charge in [0.25, 0.3) is 5.91 Å². The molecule has 1 aliphatic rings. The fourth-order valence-electron chi connectivity index (χ4n) is 3.96. The van der Waals surface area contributed by atoms with Crippen molar-refractivity contribution in [2.45, 2.75) is 18.6 Å². The lowest BCUT2D eigenvalue weighted by molar-refractivity contribution is -0.385. The van der Waals surface area contributed by atoms with E-state index in [4.69, 9.17) is 4.74 Å². The second-order valence-electron chi connectivity index (χ2n) is 7.64. The fraction of sp³-hybridized carbons (Fsp3) is 0.167. The molecule has 1 heterocycles. The zero-order chi connectivity index (χ0) is 23.8. The van der Waals surface area contributed by atoms with E-state index >= 15 is 0 Å². The van der Waals surface area contributed by atoms with Crippen LogP contribution in [-0.2, 0) is 16.9 Å². The topological polar surface area (TPSA) is 110 Å². The number of aliphatic hydroxyl groups is 1. The van der Waals surface area contributed by atoms with Crippen LogP contribution in [0.3, 0.4) is 0 Å². The summed E-state index contributed by atoms with van der Waals surface area (Å²) in [6.45, 7) is 0.221. The minimum atomic E-state index is -2.11. The first-order valence-electron chi connectivity index (χ1n) is 9.98. The minimum absolute atomic E-state index is 0.00165. The van der Waals surface area contributed by atoms with Gasteiger partial charge in [-0.15, -0.1) is 0 Å². The van der Waals surface area contributed by atoms with Gasteiger partial charge in [-0.05, 0) is 35.9 Å². The van der Waals surface area contributed by atoms with Crippen molar-refractivity contribution in [3.8, 4) is 5.75 Å². The van der Waals surface area contributed by atoms with E-state index in [-0.39, 0.29) is 23.5 Å². The van der Waals surface area contributed by atoms with E-state index in [0.29, 0.717) is 15.7 Å². The molecule has 0 saturated carbocycles. The molecule has 3 aromatic carbocycles. The van der Waals surface area contributed by atoms with E-state index in [9.17, 15) is 24.8 Å². The van der Waals surface area contributed by atoms with Crippen LogP contribution in [0.1, 0.15) is 27.9 Å². The van der Waals surface area contributed by atoms with Crippen LogP contribution in [0.5, 0.6) is 5.75 Å². The summed E-state index contributed by atoms with van der Waals surface area (Å²) in [7, 11) is 1.29. The average Bonchev–Trinajstić information content (AvgIpc) is 3.00. The number of rotatable bonds is 7. The highest BCUT2D eigenvalue weighted by Crippen LogP contribution is 2.45. The third kappa shape index (κ3) is 4.12. The Morgan fingerprint density at radius 2 is 1.88 bits per heavy atom. The monoisotopic (exact) mass is 510 g/mol. The van der Waals surface area contributed by atoms with Gasteiger partial charge in [-0.25, -0.2) is 0 Å². The van der Waals surface area contributed by atoms with Gasteiger partial charge in [0.15, 0.2) is 17.1 Å². The molecule has 0 aliphatic carbocycles. The highest BCUT2D eigenvalue weighted by atomic mass is 79.9. The lowest BCUT2D eigenvalue weighted by atomic mass is 9.88. The number of carbonyl (C=O) groups is 2. The quantitative estimate of drug-likeness (QED) is 0.287. The van der Waals surface area contributed by atoms with Crippen LogP contribution in [0.15, 0.2) is 71.2 Å². The van der Waals surface area contributed by atoms with Crippen LogP contribution in [-0.4, -0.2) is 28.8 Å². The van der Waals surface area contributed by atoms with Crippen molar-refractivity contribution < 1.29 is 24.4 Å². The predicted molar refractivity (Wildman–Crippen MR) is 124 cm³/mol. The van der Waals surface area contributed by atoms with E-state index in [0.717, 1.165) is 11.6 Å². The summed E-state index contributed by atoms with van der Waals surface area (Å²) in [6.07, 6.45) is -0.565. The Balaban J connectivity index is 1.70. The number of anilines is 1. The first kappa shape index (κ1) is 22.6. The Morgan fingerprint density at radius 1 is 1.15 bits per heavy atom. The van der Waals surface area contributed by atoms with Crippen LogP contribution in [0.4, 0.5) is 11.4 Å². The van der Waals surface area contributed by atoms with Crippen molar-refractivity contribution >= 4 is 39.0 Å². The molecule has 4 rings (SSSR count). The van der Waals surface area contributed by atoms with E-state index in [1.54, 1.807) is 18.2 Å². The summed E-state index contributed by atoms with van der Waals surface area (Å²) in [5.41, 5.74) is -0.818. The summed E-state index contributed by atoms with van der Waals surface area (Å²) < 4.78 is 5.61. The normalized spacial score (nSPS) is 17.1. The zero-order valence-corrected chi connectivity index (χ0v) is 19.1. The average molecular weight is 511 g/mol. The number of hydrogen-bond donors (Lipinski definition) is 1. The van der Waals surface area contributed by atoms with Crippen molar-refractivity contribution in [1.82, 2.24) is 0 Å². The summed E-state index contributed by atoms with van der Waals surface area (Å²) >= 11 is 3.36. The number of hydrogen-bond acceptors (Lipinski definition) is 6. The van der Waals surface area contributed by atoms with Crippen LogP contribution in [0.25, 0.3) is 0 Å². The van der Waals surface area contributed by atoms with E-state index in [2.05, 4.69) is 15.9 Å². The number of Topliss-reactive ketones (excluding diaryl/α,β-unsaturated/α-hetero) is 1. The number of ketones is 1. The molecule has 0 fully saturated rings. The molecule has 1 atom stereocenters. The van der Waals surface area contributed by atoms with Crippen LogP contribution in [0, 0.1) is 10.1 Å². The standard InChI is InChI=1S/C24H19BrN2O6/c1-33-22-10-7-16(11-20(22)27(31)32)21(28)13-24(30)18-12-17(25)8-9-19(18)26(23(24)29)14-15-5-3-2-4-6-15/h2-12,30H,13-14H2,1H3/t24-/m0/s1. The number of nitro groups is 1. The molecule has 1 N–H and O–H groups in total. The third-order valence-electron chi connectivity index (χ3n) is 5.59. The Hall–Kier alpha value is -3.56. The number of nitrogens with zero attached hydrogens (tertiary/aromatic N) is 2. The maximum atomic E-state index is 13.4. The molecular weight excluding hydrogens is 492 g/mol. The lowest BCUT2D eigenvalue weighted by Crippen LogP contribution is -2.41. The van der Waals surface area contributed by atoms with Crippen LogP contribution >= 0.6 is 15.9 Å². The molecule has 33 heavy (non-hydrogen) atoms. The number of halogens is 1. The van der Waals surface area contributed by atoms with Gasteiger partial charge in [0.2, 0.25) is 0 Å². The van der Waals surface area contributed by atoms with Crippen molar-refractivity contribution in [2.24, 2.45) is 0 Å². The van der Waals surface area contributed by atoms with Crippen LogP contribution in [0.2, 0.25) is 0 Å². The summed E-state index contributed by atoms with van der Waals surface area (Å²) in [5, 5.41) is 22.8. The van der Waals surface area contributed by atoms with Crippen molar-refractivity contribution in [3.05, 3.63) is 98.0 Å². The van der Waals surface area contributed by atoms with Gasteiger partial charge < -0.3 is 14.7 Å². The van der Waals surface area contributed by atoms with Crippen molar-refractivity contribution in [3.63, 3.8) is 0 Å². The van der Waals surface area contributed by atoms with Crippen molar-refractivity contribution in [2.75, 3.05) is 12.0 Å². The number of fused-ring (bicyclic) bond motifs is 1. The number of ether oxygens (including phenoxy) is 1. The number of methoxy groups -OCH3 is 1. The Labute approximate surface area is 197 Å². The summed E-state index contributed by atoms with van der Waals surface area (Å²) in [5.74, 6) is -1.23. The SMILES string of the molecule is COc1ccc(C(=O)C[C@@]2(O)C(=O)N(Cc3ccccc3)c3ccc(Br)cc32)cc1[N+](=O)[O-]. The van der Waals surface area contributed by atoms with Gasteiger partial charge >= 0.3 is 5.69 Å². The third-order valence-corrected chi connectivity index (χ3v) is 6.08. The summed E-state index contributed by atoms with van der Waals surface area (Å²) in [4.78, 5) is 38.6. The molecule has 0 unspecified atom stereocenters. The highest BCUT2D eigenvalue weighted by molar-refractivity contribution is 9.10.